The summed E-state index contributed by atoms with van der Waals surface area (Å²) in [6, 6.07) is 6.84. The molecule has 1 aliphatic rings. The second kappa shape index (κ2) is 6.82. The fourth-order valence-electron chi connectivity index (χ4n) is 2.07. The number of rotatable bonds is 4. The Bertz CT molecular complexity index is 869. The lowest BCUT2D eigenvalue weighted by molar-refractivity contribution is -0.130. The minimum absolute atomic E-state index is 0.119. The number of esters is 1. The highest BCUT2D eigenvalue weighted by Gasteiger charge is 2.26. The predicted octanol–water partition coefficient (Wildman–Crippen LogP) is 4.17. The standard InChI is InChI=1S/C16H11Br2NO5/c1-21-12-6-8(9(17)7-13(12)22-2)5-10-16(20)24-15(19-10)11-3-4-14(18)23-11/h3-7H,1-2H3/b10-5+. The van der Waals surface area contributed by atoms with Gasteiger partial charge in [-0.1, -0.05) is 15.9 Å². The van der Waals surface area contributed by atoms with E-state index in [9.17, 15) is 4.79 Å². The molecular formula is C16H11Br2NO5. The summed E-state index contributed by atoms with van der Waals surface area (Å²) in [6.07, 6.45) is 1.60. The van der Waals surface area contributed by atoms with Crippen LogP contribution in [0.25, 0.3) is 6.08 Å². The number of furan rings is 1. The maximum Gasteiger partial charge on any atom is 0.363 e. The van der Waals surface area contributed by atoms with Crippen LogP contribution in [0, 0.1) is 0 Å². The lowest BCUT2D eigenvalue weighted by atomic mass is 10.1. The second-order valence-corrected chi connectivity index (χ2v) is 6.30. The van der Waals surface area contributed by atoms with Gasteiger partial charge >= 0.3 is 5.97 Å². The molecule has 1 aromatic heterocycles. The number of carbonyl (C=O) groups excluding carboxylic acids is 1. The SMILES string of the molecule is COc1cc(Br)c(/C=C2/N=C(c3ccc(Br)o3)OC2=O)cc1OC. The molecule has 8 heteroatoms. The summed E-state index contributed by atoms with van der Waals surface area (Å²) >= 11 is 6.63. The summed E-state index contributed by atoms with van der Waals surface area (Å²) in [4.78, 5) is 16.2. The topological polar surface area (TPSA) is 70.3 Å². The average molecular weight is 457 g/mol. The average Bonchev–Trinajstić information content (AvgIpc) is 3.15. The summed E-state index contributed by atoms with van der Waals surface area (Å²) in [6.45, 7) is 0. The van der Waals surface area contributed by atoms with Gasteiger partial charge in [0.1, 0.15) is 0 Å². The zero-order valence-electron chi connectivity index (χ0n) is 12.6. The van der Waals surface area contributed by atoms with Crippen molar-refractivity contribution < 1.29 is 23.4 Å². The van der Waals surface area contributed by atoms with Gasteiger partial charge in [-0.05, 0) is 51.8 Å². The van der Waals surface area contributed by atoms with E-state index in [0.717, 1.165) is 4.47 Å². The molecule has 0 atom stereocenters. The fraction of sp³-hybridized carbons (Fsp3) is 0.125. The first-order valence-corrected chi connectivity index (χ1v) is 8.30. The van der Waals surface area contributed by atoms with E-state index in [1.165, 1.54) is 7.11 Å². The second-order valence-electron chi connectivity index (χ2n) is 4.67. The highest BCUT2D eigenvalue weighted by molar-refractivity contribution is 9.10. The molecule has 0 radical (unpaired) electrons. The maximum atomic E-state index is 12.0. The Morgan fingerprint density at radius 3 is 2.46 bits per heavy atom. The molecule has 0 aliphatic carbocycles. The molecule has 0 unspecified atom stereocenters. The Labute approximate surface area is 154 Å². The van der Waals surface area contributed by atoms with E-state index in [1.54, 1.807) is 37.5 Å². The van der Waals surface area contributed by atoms with Crippen molar-refractivity contribution in [3.05, 3.63) is 50.4 Å². The molecule has 6 nitrogen and oxygen atoms in total. The molecule has 0 spiro atoms. The quantitative estimate of drug-likeness (QED) is 0.510. The van der Waals surface area contributed by atoms with Gasteiger partial charge in [0.2, 0.25) is 0 Å². The van der Waals surface area contributed by atoms with Crippen LogP contribution in [-0.4, -0.2) is 26.1 Å². The molecule has 24 heavy (non-hydrogen) atoms. The van der Waals surface area contributed by atoms with Crippen molar-refractivity contribution in [2.75, 3.05) is 14.2 Å². The molecule has 0 saturated heterocycles. The number of halogens is 2. The number of hydrogen-bond acceptors (Lipinski definition) is 6. The third kappa shape index (κ3) is 3.25. The van der Waals surface area contributed by atoms with Gasteiger partial charge in [0, 0.05) is 4.47 Å². The van der Waals surface area contributed by atoms with E-state index in [-0.39, 0.29) is 11.6 Å². The smallest absolute Gasteiger partial charge is 0.363 e. The van der Waals surface area contributed by atoms with Crippen LogP contribution in [0.15, 0.2) is 48.5 Å². The van der Waals surface area contributed by atoms with Gasteiger partial charge < -0.3 is 18.6 Å². The molecule has 0 bridgehead atoms. The normalized spacial score (nSPS) is 15.4. The van der Waals surface area contributed by atoms with Gasteiger partial charge in [0.25, 0.3) is 5.90 Å². The van der Waals surface area contributed by atoms with E-state index in [0.29, 0.717) is 27.5 Å². The lowest BCUT2D eigenvalue weighted by Gasteiger charge is -2.09. The summed E-state index contributed by atoms with van der Waals surface area (Å²) in [5.74, 6) is 1.04. The highest BCUT2D eigenvalue weighted by Crippen LogP contribution is 2.35. The van der Waals surface area contributed by atoms with E-state index >= 15 is 0 Å². The zero-order valence-corrected chi connectivity index (χ0v) is 15.8. The molecule has 0 fully saturated rings. The van der Waals surface area contributed by atoms with Gasteiger partial charge in [-0.25, -0.2) is 9.79 Å². The molecule has 3 rings (SSSR count). The van der Waals surface area contributed by atoms with Crippen molar-refractivity contribution in [2.24, 2.45) is 4.99 Å². The van der Waals surface area contributed by atoms with E-state index < -0.39 is 5.97 Å². The molecule has 2 aromatic rings. The molecule has 0 N–H and O–H groups in total. The molecular weight excluding hydrogens is 446 g/mol. The van der Waals surface area contributed by atoms with Crippen molar-refractivity contribution in [2.45, 2.75) is 0 Å². The summed E-state index contributed by atoms with van der Waals surface area (Å²) in [5.41, 5.74) is 0.857. The molecule has 0 amide bonds. The molecule has 124 valence electrons. The first-order valence-electron chi connectivity index (χ1n) is 6.71. The van der Waals surface area contributed by atoms with Crippen LogP contribution >= 0.6 is 31.9 Å². The first-order chi connectivity index (χ1) is 11.5. The van der Waals surface area contributed by atoms with Crippen LogP contribution in [0.5, 0.6) is 11.5 Å². The number of nitrogens with zero attached hydrogens (tertiary/aromatic N) is 1. The van der Waals surface area contributed by atoms with Crippen LogP contribution in [0.1, 0.15) is 11.3 Å². The third-order valence-electron chi connectivity index (χ3n) is 3.20. The van der Waals surface area contributed by atoms with Gasteiger partial charge in [-0.15, -0.1) is 0 Å². The number of cyclic esters (lactones) is 1. The third-order valence-corrected chi connectivity index (χ3v) is 4.31. The van der Waals surface area contributed by atoms with Crippen molar-refractivity contribution in [1.82, 2.24) is 0 Å². The lowest BCUT2D eigenvalue weighted by Crippen LogP contribution is -2.04. The highest BCUT2D eigenvalue weighted by atomic mass is 79.9. The zero-order chi connectivity index (χ0) is 17.3. The number of carbonyl (C=O) groups is 1. The van der Waals surface area contributed by atoms with Crippen molar-refractivity contribution in [3.8, 4) is 11.5 Å². The minimum atomic E-state index is -0.556. The Balaban J connectivity index is 1.99. The van der Waals surface area contributed by atoms with Gasteiger partial charge in [0.05, 0.1) is 14.2 Å². The van der Waals surface area contributed by atoms with E-state index in [2.05, 4.69) is 36.9 Å². The number of aliphatic imine (C=N–C) groups is 1. The fourth-order valence-corrected chi connectivity index (χ4v) is 2.81. The van der Waals surface area contributed by atoms with Crippen LogP contribution in [0.2, 0.25) is 0 Å². The van der Waals surface area contributed by atoms with Gasteiger partial charge in [-0.3, -0.25) is 0 Å². The Hall–Kier alpha value is -2.06. The predicted molar refractivity (Wildman–Crippen MR) is 94.3 cm³/mol. The van der Waals surface area contributed by atoms with E-state index in [1.807, 2.05) is 0 Å². The Kier molecular flexibility index (Phi) is 4.77. The molecule has 1 aromatic carbocycles. The number of ether oxygens (including phenoxy) is 3. The number of methoxy groups -OCH3 is 2. The van der Waals surface area contributed by atoms with Crippen molar-refractivity contribution >= 4 is 49.8 Å². The van der Waals surface area contributed by atoms with Crippen molar-refractivity contribution in [1.29, 1.82) is 0 Å². The summed E-state index contributed by atoms with van der Waals surface area (Å²) in [5, 5.41) is 0. The molecule has 0 saturated carbocycles. The minimum Gasteiger partial charge on any atom is -0.493 e. The van der Waals surface area contributed by atoms with Crippen LogP contribution in [0.3, 0.4) is 0 Å². The summed E-state index contributed by atoms with van der Waals surface area (Å²) < 4.78 is 22.2. The first kappa shape index (κ1) is 16.8. The van der Waals surface area contributed by atoms with Crippen LogP contribution in [-0.2, 0) is 9.53 Å². The van der Waals surface area contributed by atoms with Crippen LogP contribution in [0.4, 0.5) is 0 Å². The molecule has 2 heterocycles. The monoisotopic (exact) mass is 455 g/mol. The number of benzene rings is 1. The van der Waals surface area contributed by atoms with Crippen molar-refractivity contribution in [3.63, 3.8) is 0 Å². The van der Waals surface area contributed by atoms with E-state index in [4.69, 9.17) is 18.6 Å². The maximum absolute atomic E-state index is 12.0. The number of hydrogen-bond donors (Lipinski definition) is 0. The molecule has 1 aliphatic heterocycles. The Morgan fingerprint density at radius 2 is 1.83 bits per heavy atom. The van der Waals surface area contributed by atoms with Gasteiger partial charge in [-0.2, -0.15) is 0 Å². The van der Waals surface area contributed by atoms with Crippen LogP contribution < -0.4 is 9.47 Å². The summed E-state index contributed by atoms with van der Waals surface area (Å²) in [7, 11) is 3.09. The largest absolute Gasteiger partial charge is 0.493 e. The Morgan fingerprint density at radius 1 is 1.12 bits per heavy atom. The van der Waals surface area contributed by atoms with Gasteiger partial charge in [0.15, 0.2) is 27.6 Å².